The minimum absolute atomic E-state index is 0.0223. The zero-order chi connectivity index (χ0) is 38.2. The molecule has 13 nitrogen and oxygen atoms in total. The van der Waals surface area contributed by atoms with Crippen LogP contribution in [0.15, 0.2) is 77.8 Å². The number of urea groups is 1. The number of carbonyl (C=O) groups excluding carboxylic acids is 3. The summed E-state index contributed by atoms with van der Waals surface area (Å²) in [6.45, 7) is 4.40. The summed E-state index contributed by atoms with van der Waals surface area (Å²) in [5.41, 5.74) is 4.45. The molecule has 0 aliphatic carbocycles. The second kappa shape index (κ2) is 20.8. The van der Waals surface area contributed by atoms with E-state index in [1.54, 1.807) is 18.8 Å². The summed E-state index contributed by atoms with van der Waals surface area (Å²) < 4.78 is 31.6. The van der Waals surface area contributed by atoms with E-state index >= 15 is 0 Å². The molecule has 0 saturated heterocycles. The number of thiazole rings is 2. The van der Waals surface area contributed by atoms with Crippen LogP contribution in [0.4, 0.5) is 9.59 Å². The third-order valence-corrected chi connectivity index (χ3v) is 10.9. The Hall–Kier alpha value is -4.38. The van der Waals surface area contributed by atoms with Gasteiger partial charge in [-0.2, -0.15) is 0 Å². The Labute approximate surface area is 320 Å². The molecule has 4 amide bonds. The van der Waals surface area contributed by atoms with Crippen LogP contribution in [-0.2, 0) is 45.5 Å². The number of hydrogen-bond donors (Lipinski definition) is 4. The zero-order valence-corrected chi connectivity index (χ0v) is 32.9. The van der Waals surface area contributed by atoms with E-state index in [1.807, 2.05) is 66.0 Å². The van der Waals surface area contributed by atoms with Gasteiger partial charge in [-0.25, -0.2) is 27.7 Å². The summed E-state index contributed by atoms with van der Waals surface area (Å²) in [4.78, 5) is 51.2. The van der Waals surface area contributed by atoms with E-state index in [-0.39, 0.29) is 44.1 Å². The molecule has 0 aliphatic rings. The number of sulfonamides is 1. The fourth-order valence-corrected chi connectivity index (χ4v) is 7.32. The fraction of sp³-hybridized carbons (Fsp3) is 0.432. The van der Waals surface area contributed by atoms with E-state index in [0.717, 1.165) is 33.0 Å². The van der Waals surface area contributed by atoms with E-state index < -0.39 is 34.1 Å². The topological polar surface area (TPSA) is 172 Å². The maximum absolute atomic E-state index is 14.0. The second-order valence-electron chi connectivity index (χ2n) is 13.2. The van der Waals surface area contributed by atoms with Crippen molar-refractivity contribution in [2.75, 3.05) is 19.8 Å². The van der Waals surface area contributed by atoms with E-state index in [1.165, 1.54) is 27.6 Å². The number of carbonyl (C=O) groups is 3. The lowest BCUT2D eigenvalue weighted by Gasteiger charge is -2.27. The van der Waals surface area contributed by atoms with Gasteiger partial charge in [0.2, 0.25) is 15.9 Å². The number of aromatic nitrogens is 2. The number of amides is 4. The molecule has 0 aliphatic heterocycles. The summed E-state index contributed by atoms with van der Waals surface area (Å²) >= 11 is 2.93. The molecule has 2 aromatic heterocycles. The summed E-state index contributed by atoms with van der Waals surface area (Å²) in [6.07, 6.45) is 4.19. The van der Waals surface area contributed by atoms with E-state index in [2.05, 4.69) is 44.5 Å². The van der Waals surface area contributed by atoms with Gasteiger partial charge < -0.3 is 25.6 Å². The largest absolute Gasteiger partial charge is 0.444 e. The highest BCUT2D eigenvalue weighted by Gasteiger charge is 2.26. The van der Waals surface area contributed by atoms with Gasteiger partial charge in [-0.05, 0) is 43.2 Å². The van der Waals surface area contributed by atoms with Crippen molar-refractivity contribution in [2.24, 2.45) is 0 Å². The third-order valence-electron chi connectivity index (χ3n) is 8.23. The minimum Gasteiger partial charge on any atom is -0.444 e. The molecular formula is C37H49N7O6S3. The molecule has 3 atom stereocenters. The minimum atomic E-state index is -3.53. The van der Waals surface area contributed by atoms with Crippen LogP contribution in [0.5, 0.6) is 0 Å². The first kappa shape index (κ1) is 41.4. The Balaban J connectivity index is 1.48. The van der Waals surface area contributed by atoms with Gasteiger partial charge in [0, 0.05) is 43.2 Å². The predicted molar refractivity (Wildman–Crippen MR) is 208 cm³/mol. The van der Waals surface area contributed by atoms with E-state index in [9.17, 15) is 22.8 Å². The average molecular weight is 784 g/mol. The maximum atomic E-state index is 14.0. The molecule has 4 N–H and O–H groups in total. The lowest BCUT2D eigenvalue weighted by Crippen LogP contribution is -2.53. The molecule has 4 rings (SSSR count). The molecule has 16 heteroatoms. The summed E-state index contributed by atoms with van der Waals surface area (Å²) in [7, 11) is -1.91. The van der Waals surface area contributed by atoms with Crippen LogP contribution in [0, 0.1) is 0 Å². The molecule has 3 unspecified atom stereocenters. The molecule has 0 saturated carbocycles. The summed E-state index contributed by atoms with van der Waals surface area (Å²) in [5.74, 6) is -0.185. The average Bonchev–Trinajstić information content (AvgIpc) is 3.82. The van der Waals surface area contributed by atoms with Gasteiger partial charge in [0.15, 0.2) is 0 Å². The smallest absolute Gasteiger partial charge is 0.407 e. The molecular weight excluding hydrogens is 735 g/mol. The molecule has 0 spiro atoms. The van der Waals surface area contributed by atoms with Crippen LogP contribution in [-0.4, -0.2) is 79.3 Å². The molecule has 286 valence electrons. The van der Waals surface area contributed by atoms with Crippen LogP contribution in [0.2, 0.25) is 0 Å². The van der Waals surface area contributed by atoms with Gasteiger partial charge in [0.1, 0.15) is 12.6 Å². The normalized spacial score (nSPS) is 13.2. The number of nitrogens with one attached hydrogen (secondary N) is 4. The van der Waals surface area contributed by atoms with Gasteiger partial charge in [0.25, 0.3) is 0 Å². The van der Waals surface area contributed by atoms with Crippen molar-refractivity contribution in [3.63, 3.8) is 0 Å². The predicted octanol–water partition coefficient (Wildman–Crippen LogP) is 5.22. The van der Waals surface area contributed by atoms with Gasteiger partial charge in [-0.1, -0.05) is 74.5 Å². The summed E-state index contributed by atoms with van der Waals surface area (Å²) in [5, 5.41) is 11.8. The Morgan fingerprint density at radius 1 is 0.868 bits per heavy atom. The molecule has 4 aromatic rings. The van der Waals surface area contributed by atoms with E-state index in [0.29, 0.717) is 25.7 Å². The van der Waals surface area contributed by atoms with Crippen LogP contribution in [0.3, 0.4) is 0 Å². The standard InChI is InChI=1S/C37H49N7O6S3/c1-26(2)35-41-31(24-51-35)22-44(3)36(46)43-33(17-18-39-53(4,48)49)34(45)40-29(19-27-11-7-5-8-12-27)15-16-30(20-28-13-9-6-10-14-28)42-37(47)50-23-32-21-38-25-52-32/h5-14,21,24-26,29-30,33,39H,15-20,22-23H2,1-4H3,(H,40,45)(H,42,47)(H,43,46). The number of hydrogen-bond acceptors (Lipinski definition) is 10. The highest BCUT2D eigenvalue weighted by atomic mass is 32.2. The van der Waals surface area contributed by atoms with Gasteiger partial charge in [0.05, 0.1) is 33.9 Å². The van der Waals surface area contributed by atoms with Gasteiger partial charge >= 0.3 is 12.1 Å². The Kier molecular flexibility index (Phi) is 16.2. The first-order chi connectivity index (χ1) is 25.3. The fourth-order valence-electron chi connectivity index (χ4n) is 5.50. The van der Waals surface area contributed by atoms with Crippen molar-refractivity contribution in [2.45, 2.75) is 83.1 Å². The Morgan fingerprint density at radius 2 is 1.49 bits per heavy atom. The zero-order valence-electron chi connectivity index (χ0n) is 30.5. The quantitative estimate of drug-likeness (QED) is 0.0946. The molecule has 0 bridgehead atoms. The van der Waals surface area contributed by atoms with Crippen LogP contribution < -0.4 is 20.7 Å². The summed E-state index contributed by atoms with van der Waals surface area (Å²) in [6, 6.07) is 17.3. The first-order valence-electron chi connectivity index (χ1n) is 17.4. The monoisotopic (exact) mass is 783 g/mol. The Bertz CT molecular complexity index is 1820. The van der Waals surface area contributed by atoms with Crippen LogP contribution >= 0.6 is 22.7 Å². The first-order valence-corrected chi connectivity index (χ1v) is 21.1. The van der Waals surface area contributed by atoms with Gasteiger partial charge in [-0.15, -0.1) is 22.7 Å². The number of alkyl carbamates (subject to hydrolysis) is 1. The number of ether oxygens (including phenoxy) is 1. The molecule has 2 heterocycles. The molecule has 2 aromatic carbocycles. The van der Waals surface area contributed by atoms with Crippen molar-refractivity contribution in [3.05, 3.63) is 104 Å². The number of nitrogens with zero attached hydrogens (tertiary/aromatic N) is 3. The lowest BCUT2D eigenvalue weighted by molar-refractivity contribution is -0.123. The number of rotatable bonds is 20. The van der Waals surface area contributed by atoms with Gasteiger partial charge in [-0.3, -0.25) is 9.78 Å². The van der Waals surface area contributed by atoms with Crippen molar-refractivity contribution in [1.82, 2.24) is 35.5 Å². The van der Waals surface area contributed by atoms with E-state index in [4.69, 9.17) is 4.74 Å². The maximum Gasteiger partial charge on any atom is 0.407 e. The van der Waals surface area contributed by atoms with Crippen molar-refractivity contribution in [1.29, 1.82) is 0 Å². The highest BCUT2D eigenvalue weighted by molar-refractivity contribution is 7.88. The lowest BCUT2D eigenvalue weighted by atomic mass is 9.95. The highest BCUT2D eigenvalue weighted by Crippen LogP contribution is 2.20. The van der Waals surface area contributed by atoms with Crippen LogP contribution in [0.25, 0.3) is 0 Å². The van der Waals surface area contributed by atoms with Crippen molar-refractivity contribution in [3.8, 4) is 0 Å². The van der Waals surface area contributed by atoms with Crippen molar-refractivity contribution >= 4 is 50.7 Å². The Morgan fingerprint density at radius 3 is 2.04 bits per heavy atom. The molecule has 53 heavy (non-hydrogen) atoms. The second-order valence-corrected chi connectivity index (χ2v) is 16.9. The SMILES string of the molecule is CC(C)c1nc(CN(C)C(=O)NC(CCNS(C)(=O)=O)C(=O)NC(CCC(Cc2ccccc2)NC(=O)OCc2cncs2)Cc2ccccc2)cs1. The van der Waals surface area contributed by atoms with Crippen LogP contribution in [0.1, 0.15) is 65.7 Å². The molecule has 0 fully saturated rings. The van der Waals surface area contributed by atoms with Crippen molar-refractivity contribution < 1.29 is 27.5 Å². The third kappa shape index (κ3) is 15.2. The molecule has 0 radical (unpaired) electrons. The number of benzene rings is 2.